The highest BCUT2D eigenvalue weighted by atomic mass is 35.5. The largest absolute Gasteiger partial charge is 0.318 e. The normalized spacial score (nSPS) is 14.2. The molecule has 94 valence electrons. The maximum atomic E-state index is 13.4. The van der Waals surface area contributed by atoms with Crippen LogP contribution in [0.2, 0.25) is 5.02 Å². The summed E-state index contributed by atoms with van der Waals surface area (Å²) in [5, 5.41) is 0.490. The second-order valence-electron chi connectivity index (χ2n) is 4.32. The van der Waals surface area contributed by atoms with E-state index in [9.17, 15) is 4.39 Å². The van der Waals surface area contributed by atoms with Gasteiger partial charge in [-0.2, -0.15) is 0 Å². The van der Waals surface area contributed by atoms with E-state index in [4.69, 9.17) is 17.3 Å². The molecular weight excluding hydrogens is 249 g/mol. The summed E-state index contributed by atoms with van der Waals surface area (Å²) in [6.45, 7) is 1.97. The van der Waals surface area contributed by atoms with Crippen molar-refractivity contribution < 1.29 is 4.39 Å². The van der Waals surface area contributed by atoms with E-state index in [1.54, 1.807) is 6.07 Å². The average molecular weight is 264 g/mol. The van der Waals surface area contributed by atoms with Crippen molar-refractivity contribution >= 4 is 11.6 Å². The summed E-state index contributed by atoms with van der Waals surface area (Å²) in [6.07, 6.45) is 0.639. The first-order chi connectivity index (χ1) is 8.58. The Kier molecular flexibility index (Phi) is 3.69. The molecule has 2 aromatic rings. The summed E-state index contributed by atoms with van der Waals surface area (Å²) in [5.41, 5.74) is 7.25. The second-order valence-corrected chi connectivity index (χ2v) is 4.72. The number of hydrogen-bond donors (Lipinski definition) is 1. The highest BCUT2D eigenvalue weighted by molar-refractivity contribution is 6.31. The number of hydrogen-bond acceptors (Lipinski definition) is 1. The minimum atomic E-state index is -0.763. The predicted octanol–water partition coefficient (Wildman–Crippen LogP) is 4.09. The highest BCUT2D eigenvalue weighted by Gasteiger charge is 2.29. The van der Waals surface area contributed by atoms with Gasteiger partial charge in [0, 0.05) is 5.02 Å². The smallest absolute Gasteiger partial charge is 0.123 e. The van der Waals surface area contributed by atoms with Crippen molar-refractivity contribution in [2.45, 2.75) is 18.9 Å². The zero-order valence-corrected chi connectivity index (χ0v) is 10.9. The standard InChI is InChI=1S/C15H15ClFN/c1-2-15(18,11-6-4-3-5-7-11)13-10-12(17)8-9-14(13)16/h3-10H,2,18H2,1H3. The first-order valence-electron chi connectivity index (χ1n) is 5.88. The first-order valence-corrected chi connectivity index (χ1v) is 6.25. The molecule has 0 fully saturated rings. The van der Waals surface area contributed by atoms with Gasteiger partial charge in [-0.05, 0) is 35.7 Å². The van der Waals surface area contributed by atoms with Gasteiger partial charge in [0.2, 0.25) is 0 Å². The molecule has 0 amide bonds. The van der Waals surface area contributed by atoms with Gasteiger partial charge in [-0.1, -0.05) is 48.9 Å². The molecule has 0 saturated carbocycles. The van der Waals surface area contributed by atoms with Crippen molar-refractivity contribution in [3.05, 3.63) is 70.5 Å². The number of nitrogens with two attached hydrogens (primary N) is 1. The maximum Gasteiger partial charge on any atom is 0.123 e. The molecule has 0 aliphatic rings. The van der Waals surface area contributed by atoms with E-state index in [0.29, 0.717) is 17.0 Å². The number of benzene rings is 2. The van der Waals surface area contributed by atoms with Gasteiger partial charge in [0.1, 0.15) is 5.82 Å². The summed E-state index contributed by atoms with van der Waals surface area (Å²) in [6, 6.07) is 13.9. The van der Waals surface area contributed by atoms with E-state index >= 15 is 0 Å². The van der Waals surface area contributed by atoms with Crippen LogP contribution in [0.3, 0.4) is 0 Å². The number of halogens is 2. The van der Waals surface area contributed by atoms with E-state index < -0.39 is 5.54 Å². The van der Waals surface area contributed by atoms with Gasteiger partial charge in [0.05, 0.1) is 5.54 Å². The molecule has 2 aromatic carbocycles. The predicted molar refractivity (Wildman–Crippen MR) is 73.1 cm³/mol. The SMILES string of the molecule is CCC(N)(c1ccccc1)c1cc(F)ccc1Cl. The molecular formula is C15H15ClFN. The molecule has 0 aromatic heterocycles. The molecule has 0 heterocycles. The molecule has 0 bridgehead atoms. The summed E-state index contributed by atoms with van der Waals surface area (Å²) < 4.78 is 13.4. The Morgan fingerprint density at radius 3 is 2.44 bits per heavy atom. The lowest BCUT2D eigenvalue weighted by Gasteiger charge is -2.30. The maximum absolute atomic E-state index is 13.4. The van der Waals surface area contributed by atoms with Crippen LogP contribution >= 0.6 is 11.6 Å². The van der Waals surface area contributed by atoms with Crippen LogP contribution in [0.25, 0.3) is 0 Å². The Balaban J connectivity index is 2.60. The van der Waals surface area contributed by atoms with E-state index in [2.05, 4.69) is 0 Å². The van der Waals surface area contributed by atoms with Gasteiger partial charge in [-0.3, -0.25) is 0 Å². The highest BCUT2D eigenvalue weighted by Crippen LogP contribution is 2.35. The third kappa shape index (κ3) is 2.26. The lowest BCUT2D eigenvalue weighted by Crippen LogP contribution is -2.37. The Morgan fingerprint density at radius 2 is 1.83 bits per heavy atom. The minimum Gasteiger partial charge on any atom is -0.318 e. The molecule has 0 aliphatic heterocycles. The van der Waals surface area contributed by atoms with Gasteiger partial charge in [0.15, 0.2) is 0 Å². The zero-order chi connectivity index (χ0) is 13.2. The Hall–Kier alpha value is -1.38. The van der Waals surface area contributed by atoms with Crippen LogP contribution in [0.15, 0.2) is 48.5 Å². The molecule has 0 spiro atoms. The monoisotopic (exact) mass is 263 g/mol. The van der Waals surface area contributed by atoms with Gasteiger partial charge in [0.25, 0.3) is 0 Å². The molecule has 0 radical (unpaired) electrons. The van der Waals surface area contributed by atoms with E-state index in [1.165, 1.54) is 12.1 Å². The topological polar surface area (TPSA) is 26.0 Å². The van der Waals surface area contributed by atoms with E-state index in [1.807, 2.05) is 37.3 Å². The summed E-state index contributed by atoms with van der Waals surface area (Å²) in [5.74, 6) is -0.325. The van der Waals surface area contributed by atoms with Crippen LogP contribution in [0, 0.1) is 5.82 Å². The van der Waals surface area contributed by atoms with E-state index in [0.717, 1.165) is 5.56 Å². The van der Waals surface area contributed by atoms with Crippen LogP contribution in [0.5, 0.6) is 0 Å². The molecule has 2 N–H and O–H groups in total. The summed E-state index contributed by atoms with van der Waals surface area (Å²) in [7, 11) is 0. The van der Waals surface area contributed by atoms with Crippen LogP contribution in [-0.4, -0.2) is 0 Å². The molecule has 3 heteroatoms. The molecule has 18 heavy (non-hydrogen) atoms. The summed E-state index contributed by atoms with van der Waals surface area (Å²) in [4.78, 5) is 0. The second kappa shape index (κ2) is 5.09. The quantitative estimate of drug-likeness (QED) is 0.887. The fourth-order valence-corrected chi connectivity index (χ4v) is 2.41. The summed E-state index contributed by atoms with van der Waals surface area (Å²) >= 11 is 6.16. The Labute approximate surface area is 111 Å². The van der Waals surface area contributed by atoms with Crippen molar-refractivity contribution in [1.82, 2.24) is 0 Å². The van der Waals surface area contributed by atoms with Crippen molar-refractivity contribution in [3.8, 4) is 0 Å². The fourth-order valence-electron chi connectivity index (χ4n) is 2.13. The Morgan fingerprint density at radius 1 is 1.17 bits per heavy atom. The molecule has 0 saturated heterocycles. The van der Waals surface area contributed by atoms with Crippen LogP contribution in [0.4, 0.5) is 4.39 Å². The van der Waals surface area contributed by atoms with Crippen LogP contribution in [0.1, 0.15) is 24.5 Å². The van der Waals surface area contributed by atoms with Gasteiger partial charge in [-0.25, -0.2) is 4.39 Å². The number of rotatable bonds is 3. The third-order valence-electron chi connectivity index (χ3n) is 3.26. The van der Waals surface area contributed by atoms with Crippen LogP contribution in [-0.2, 0) is 5.54 Å². The molecule has 1 atom stereocenters. The van der Waals surface area contributed by atoms with Crippen molar-refractivity contribution in [3.63, 3.8) is 0 Å². The Bertz CT molecular complexity index is 541. The van der Waals surface area contributed by atoms with E-state index in [-0.39, 0.29) is 5.82 Å². The van der Waals surface area contributed by atoms with Crippen molar-refractivity contribution in [2.24, 2.45) is 5.73 Å². The van der Waals surface area contributed by atoms with Crippen LogP contribution < -0.4 is 5.73 Å². The first kappa shape index (κ1) is 13.1. The zero-order valence-electron chi connectivity index (χ0n) is 10.2. The van der Waals surface area contributed by atoms with Crippen molar-refractivity contribution in [1.29, 1.82) is 0 Å². The molecule has 2 rings (SSSR count). The minimum absolute atomic E-state index is 0.325. The lowest BCUT2D eigenvalue weighted by atomic mass is 9.81. The van der Waals surface area contributed by atoms with Crippen molar-refractivity contribution in [2.75, 3.05) is 0 Å². The molecule has 1 nitrogen and oxygen atoms in total. The fraction of sp³-hybridized carbons (Fsp3) is 0.200. The van der Waals surface area contributed by atoms with Gasteiger partial charge >= 0.3 is 0 Å². The third-order valence-corrected chi connectivity index (χ3v) is 3.59. The average Bonchev–Trinajstić information content (AvgIpc) is 2.41. The molecule has 0 aliphatic carbocycles. The van der Waals surface area contributed by atoms with Gasteiger partial charge < -0.3 is 5.73 Å². The molecule has 1 unspecified atom stereocenters. The lowest BCUT2D eigenvalue weighted by molar-refractivity contribution is 0.513. The van der Waals surface area contributed by atoms with Gasteiger partial charge in [-0.15, -0.1) is 0 Å².